The van der Waals surface area contributed by atoms with E-state index in [0.29, 0.717) is 25.7 Å². The Morgan fingerprint density at radius 2 is 2.00 bits per heavy atom. The SMILES string of the molecule is COC12CCC(O)CC1(C#CC(O)C1CCCCC1)CC2=O. The van der Waals surface area contributed by atoms with Gasteiger partial charge in [0.05, 0.1) is 11.5 Å². The molecule has 3 aliphatic carbocycles. The lowest BCUT2D eigenvalue weighted by Crippen LogP contribution is -2.68. The summed E-state index contributed by atoms with van der Waals surface area (Å²) in [4.78, 5) is 12.1. The van der Waals surface area contributed by atoms with Crippen molar-refractivity contribution in [1.29, 1.82) is 0 Å². The number of Topliss-reactive ketones (excluding diaryl/α,β-unsaturated/α-hetero) is 1. The highest BCUT2D eigenvalue weighted by Crippen LogP contribution is 2.57. The van der Waals surface area contributed by atoms with Gasteiger partial charge in [0.2, 0.25) is 0 Å². The largest absolute Gasteiger partial charge is 0.393 e. The normalized spacial score (nSPS) is 40.1. The van der Waals surface area contributed by atoms with Gasteiger partial charge in [-0.1, -0.05) is 31.1 Å². The summed E-state index contributed by atoms with van der Waals surface area (Å²) in [6.07, 6.45) is 6.47. The monoisotopic (exact) mass is 306 g/mol. The lowest BCUT2D eigenvalue weighted by molar-refractivity contribution is -0.199. The first-order valence-corrected chi connectivity index (χ1v) is 8.50. The molecule has 4 nitrogen and oxygen atoms in total. The number of methoxy groups -OCH3 is 1. The van der Waals surface area contributed by atoms with E-state index in [1.165, 1.54) is 6.42 Å². The number of fused-ring (bicyclic) bond motifs is 1. The summed E-state index contributed by atoms with van der Waals surface area (Å²) in [6, 6.07) is 0. The van der Waals surface area contributed by atoms with Gasteiger partial charge in [-0.2, -0.15) is 0 Å². The van der Waals surface area contributed by atoms with Crippen molar-refractivity contribution in [2.45, 2.75) is 75.6 Å². The molecule has 0 heterocycles. The van der Waals surface area contributed by atoms with E-state index < -0.39 is 23.2 Å². The number of rotatable bonds is 2. The second-order valence-electron chi connectivity index (χ2n) is 7.22. The van der Waals surface area contributed by atoms with Crippen LogP contribution in [0.5, 0.6) is 0 Å². The molecule has 0 spiro atoms. The summed E-state index contributed by atoms with van der Waals surface area (Å²) in [7, 11) is 1.56. The number of ketones is 1. The van der Waals surface area contributed by atoms with Crippen LogP contribution in [0.1, 0.15) is 57.8 Å². The summed E-state index contributed by atoms with van der Waals surface area (Å²) in [5.41, 5.74) is -1.46. The van der Waals surface area contributed by atoms with E-state index in [2.05, 4.69) is 11.8 Å². The Morgan fingerprint density at radius 1 is 1.27 bits per heavy atom. The van der Waals surface area contributed by atoms with E-state index >= 15 is 0 Å². The topological polar surface area (TPSA) is 66.8 Å². The van der Waals surface area contributed by atoms with Gasteiger partial charge >= 0.3 is 0 Å². The van der Waals surface area contributed by atoms with Crippen molar-refractivity contribution in [2.24, 2.45) is 11.3 Å². The molecule has 0 radical (unpaired) electrons. The van der Waals surface area contributed by atoms with Crippen LogP contribution in [0.3, 0.4) is 0 Å². The molecular formula is C18H26O4. The van der Waals surface area contributed by atoms with Gasteiger partial charge in [-0.15, -0.1) is 0 Å². The Labute approximate surface area is 132 Å². The third kappa shape index (κ3) is 2.40. The molecule has 4 unspecified atom stereocenters. The van der Waals surface area contributed by atoms with E-state index in [9.17, 15) is 15.0 Å². The molecular weight excluding hydrogens is 280 g/mol. The highest BCUT2D eigenvalue weighted by molar-refractivity contribution is 5.97. The van der Waals surface area contributed by atoms with Gasteiger partial charge in [-0.3, -0.25) is 4.79 Å². The van der Waals surface area contributed by atoms with Crippen LogP contribution in [-0.4, -0.2) is 40.9 Å². The molecule has 22 heavy (non-hydrogen) atoms. The number of aliphatic hydroxyl groups excluding tert-OH is 2. The van der Waals surface area contributed by atoms with Crippen molar-refractivity contribution < 1.29 is 19.7 Å². The third-order valence-electron chi connectivity index (χ3n) is 6.00. The Morgan fingerprint density at radius 3 is 2.64 bits per heavy atom. The van der Waals surface area contributed by atoms with Crippen LogP contribution in [0.4, 0.5) is 0 Å². The predicted molar refractivity (Wildman–Crippen MR) is 82.0 cm³/mol. The van der Waals surface area contributed by atoms with Crippen molar-refractivity contribution in [3.05, 3.63) is 0 Å². The molecule has 0 bridgehead atoms. The fourth-order valence-corrected chi connectivity index (χ4v) is 4.60. The summed E-state index contributed by atoms with van der Waals surface area (Å²) < 4.78 is 5.57. The Kier molecular flexibility index (Phi) is 4.33. The highest BCUT2D eigenvalue weighted by Gasteiger charge is 2.67. The van der Waals surface area contributed by atoms with E-state index in [-0.39, 0.29) is 11.7 Å². The molecule has 122 valence electrons. The Hall–Kier alpha value is -0.890. The molecule has 0 aromatic rings. The molecule has 3 aliphatic rings. The minimum Gasteiger partial charge on any atom is -0.393 e. The third-order valence-corrected chi connectivity index (χ3v) is 6.00. The predicted octanol–water partition coefficient (Wildman–Crippen LogP) is 1.82. The molecule has 0 aromatic carbocycles. The van der Waals surface area contributed by atoms with E-state index in [1.807, 2.05) is 0 Å². The van der Waals surface area contributed by atoms with Crippen molar-refractivity contribution in [1.82, 2.24) is 0 Å². The highest BCUT2D eigenvalue weighted by atomic mass is 16.5. The Balaban J connectivity index is 1.79. The molecule has 3 saturated carbocycles. The smallest absolute Gasteiger partial charge is 0.167 e. The van der Waals surface area contributed by atoms with Crippen molar-refractivity contribution in [3.63, 3.8) is 0 Å². The quantitative estimate of drug-likeness (QED) is 0.764. The molecule has 0 saturated heterocycles. The molecule has 0 aromatic heterocycles. The van der Waals surface area contributed by atoms with Gasteiger partial charge in [0.1, 0.15) is 11.7 Å². The Bertz CT molecular complexity index is 499. The van der Waals surface area contributed by atoms with Crippen molar-refractivity contribution in [2.75, 3.05) is 7.11 Å². The van der Waals surface area contributed by atoms with Crippen LogP contribution < -0.4 is 0 Å². The minimum atomic E-state index is -0.856. The van der Waals surface area contributed by atoms with Crippen LogP contribution in [0, 0.1) is 23.2 Å². The number of hydrogen-bond donors (Lipinski definition) is 2. The van der Waals surface area contributed by atoms with Gasteiger partial charge in [0.15, 0.2) is 5.78 Å². The first-order chi connectivity index (χ1) is 10.5. The van der Waals surface area contributed by atoms with Gasteiger partial charge in [0, 0.05) is 13.5 Å². The molecule has 3 rings (SSSR count). The molecule has 4 atom stereocenters. The summed E-state index contributed by atoms with van der Waals surface area (Å²) in [6.45, 7) is 0. The fourth-order valence-electron chi connectivity index (χ4n) is 4.60. The molecule has 2 N–H and O–H groups in total. The fraction of sp³-hybridized carbons (Fsp3) is 0.833. The first-order valence-electron chi connectivity index (χ1n) is 8.50. The maximum atomic E-state index is 12.1. The van der Waals surface area contributed by atoms with Crippen LogP contribution >= 0.6 is 0 Å². The number of carbonyl (C=O) groups is 1. The lowest BCUT2D eigenvalue weighted by Gasteiger charge is -2.57. The van der Waals surface area contributed by atoms with E-state index in [4.69, 9.17) is 4.74 Å². The van der Waals surface area contributed by atoms with Crippen molar-refractivity contribution in [3.8, 4) is 11.8 Å². The first kappa shape index (κ1) is 16.0. The molecule has 0 amide bonds. The minimum absolute atomic E-state index is 0.0864. The molecule has 4 heteroatoms. The second-order valence-corrected chi connectivity index (χ2v) is 7.22. The van der Waals surface area contributed by atoms with Gasteiger partial charge in [0.25, 0.3) is 0 Å². The summed E-state index contributed by atoms with van der Waals surface area (Å²) in [5.74, 6) is 6.52. The number of ether oxygens (including phenoxy) is 1. The maximum Gasteiger partial charge on any atom is 0.167 e. The number of carbonyl (C=O) groups excluding carboxylic acids is 1. The second kappa shape index (κ2) is 5.96. The standard InChI is InChI=1S/C18H26O4/c1-22-18-10-7-14(19)11-17(18,12-16(18)21)9-8-15(20)13-5-3-2-4-6-13/h13-15,19-20H,2-7,10-12H2,1H3. The van der Waals surface area contributed by atoms with Gasteiger partial charge in [-0.05, 0) is 38.0 Å². The summed E-state index contributed by atoms with van der Waals surface area (Å²) in [5, 5.41) is 20.4. The van der Waals surface area contributed by atoms with Crippen LogP contribution in [0.25, 0.3) is 0 Å². The van der Waals surface area contributed by atoms with Crippen LogP contribution in [0.2, 0.25) is 0 Å². The molecule has 0 aliphatic heterocycles. The maximum absolute atomic E-state index is 12.1. The number of aliphatic hydroxyl groups is 2. The average Bonchev–Trinajstić information content (AvgIpc) is 2.53. The average molecular weight is 306 g/mol. The zero-order chi connectivity index (χ0) is 15.8. The van der Waals surface area contributed by atoms with Gasteiger partial charge < -0.3 is 14.9 Å². The van der Waals surface area contributed by atoms with E-state index in [1.54, 1.807) is 7.11 Å². The number of hydrogen-bond acceptors (Lipinski definition) is 4. The van der Waals surface area contributed by atoms with Crippen molar-refractivity contribution >= 4 is 5.78 Å². The van der Waals surface area contributed by atoms with Crippen LogP contribution in [0.15, 0.2) is 0 Å². The van der Waals surface area contributed by atoms with E-state index in [0.717, 1.165) is 25.7 Å². The zero-order valence-corrected chi connectivity index (χ0v) is 13.3. The van der Waals surface area contributed by atoms with Crippen LogP contribution in [-0.2, 0) is 9.53 Å². The van der Waals surface area contributed by atoms with Gasteiger partial charge in [-0.25, -0.2) is 0 Å². The lowest BCUT2D eigenvalue weighted by atomic mass is 9.49. The summed E-state index contributed by atoms with van der Waals surface area (Å²) >= 11 is 0. The zero-order valence-electron chi connectivity index (χ0n) is 13.3. The molecule has 3 fully saturated rings.